The van der Waals surface area contributed by atoms with Gasteiger partial charge in [-0.05, 0) is 45.1 Å². The molecular weight excluding hydrogens is 318 g/mol. The third-order valence-corrected chi connectivity index (χ3v) is 4.65. The summed E-state index contributed by atoms with van der Waals surface area (Å²) in [5.74, 6) is 0.976. The molecule has 0 bridgehead atoms. The molecule has 7 nitrogen and oxygen atoms in total. The zero-order chi connectivity index (χ0) is 18.4. The quantitative estimate of drug-likeness (QED) is 0.812. The van der Waals surface area contributed by atoms with Gasteiger partial charge in [0.15, 0.2) is 0 Å². The summed E-state index contributed by atoms with van der Waals surface area (Å²) >= 11 is 0. The molecule has 1 amide bonds. The van der Waals surface area contributed by atoms with Crippen LogP contribution in [0.15, 0.2) is 25.2 Å². The maximum absolute atomic E-state index is 11.8. The first-order valence-electron chi connectivity index (χ1n) is 8.48. The fraction of sp³-hybridized carbons (Fsp3) is 0.500. The lowest BCUT2D eigenvalue weighted by Gasteiger charge is -2.38. The van der Waals surface area contributed by atoms with E-state index in [1.165, 1.54) is 11.2 Å². The van der Waals surface area contributed by atoms with Crippen LogP contribution in [0.5, 0.6) is 0 Å². The van der Waals surface area contributed by atoms with Gasteiger partial charge in [0, 0.05) is 18.3 Å². The van der Waals surface area contributed by atoms with Crippen molar-refractivity contribution < 1.29 is 9.90 Å². The number of hydrogen-bond donors (Lipinski definition) is 2. The molecule has 25 heavy (non-hydrogen) atoms. The molecule has 0 radical (unpaired) electrons. The first-order valence-corrected chi connectivity index (χ1v) is 8.48. The lowest BCUT2D eigenvalue weighted by Crippen LogP contribution is -2.51. The molecule has 0 spiro atoms. The molecule has 1 atom stereocenters. The number of nitrogens with zero attached hydrogens (tertiary/aromatic N) is 4. The third-order valence-electron chi connectivity index (χ3n) is 4.65. The van der Waals surface area contributed by atoms with Crippen molar-refractivity contribution in [1.29, 1.82) is 0 Å². The predicted octanol–water partition coefficient (Wildman–Crippen LogP) is 3.22. The predicted molar refractivity (Wildman–Crippen MR) is 97.5 cm³/mol. The van der Waals surface area contributed by atoms with Crippen molar-refractivity contribution in [1.82, 2.24) is 19.4 Å². The van der Waals surface area contributed by atoms with Gasteiger partial charge in [-0.15, -0.1) is 6.58 Å². The van der Waals surface area contributed by atoms with Gasteiger partial charge in [0.05, 0.1) is 11.4 Å². The standard InChI is InChI=1S/C18H25N5O2/c1-5-12(23(17(24)25)18(2,3)4)8-22-9-13(11-6-7-11)14-15(19)20-10-21-16(14)22/h5,9-12H,1,6-8H2,2-4H3,(H,24,25)(H2,19,20,21). The third kappa shape index (κ3) is 3.18. The lowest BCUT2D eigenvalue weighted by atomic mass is 10.0. The van der Waals surface area contributed by atoms with E-state index in [1.807, 2.05) is 31.5 Å². The fourth-order valence-electron chi connectivity index (χ4n) is 3.41. The Balaban J connectivity index is 2.03. The summed E-state index contributed by atoms with van der Waals surface area (Å²) in [5, 5.41) is 10.6. The molecule has 1 aliphatic carbocycles. The SMILES string of the molecule is C=CC(Cn1cc(C2CC2)c2c(N)ncnc21)N(C(=O)O)C(C)(C)C. The van der Waals surface area contributed by atoms with E-state index in [0.717, 1.165) is 29.4 Å². The molecule has 1 unspecified atom stereocenters. The molecule has 134 valence electrons. The van der Waals surface area contributed by atoms with Crippen LogP contribution in [0.4, 0.5) is 10.6 Å². The Morgan fingerprint density at radius 2 is 2.20 bits per heavy atom. The average molecular weight is 343 g/mol. The molecule has 3 N–H and O–H groups in total. The van der Waals surface area contributed by atoms with Gasteiger partial charge < -0.3 is 15.4 Å². The maximum atomic E-state index is 11.8. The van der Waals surface area contributed by atoms with Gasteiger partial charge in [0.1, 0.15) is 17.8 Å². The van der Waals surface area contributed by atoms with E-state index in [-0.39, 0.29) is 6.04 Å². The topological polar surface area (TPSA) is 97.3 Å². The summed E-state index contributed by atoms with van der Waals surface area (Å²) in [6.45, 7) is 9.92. The van der Waals surface area contributed by atoms with Crippen molar-refractivity contribution in [3.05, 3.63) is 30.7 Å². The summed E-state index contributed by atoms with van der Waals surface area (Å²) in [7, 11) is 0. The second kappa shape index (κ2) is 6.06. The van der Waals surface area contributed by atoms with Gasteiger partial charge in [0.25, 0.3) is 0 Å². The van der Waals surface area contributed by atoms with Crippen molar-refractivity contribution in [3.63, 3.8) is 0 Å². The van der Waals surface area contributed by atoms with Crippen LogP contribution < -0.4 is 5.73 Å². The highest BCUT2D eigenvalue weighted by molar-refractivity contribution is 5.90. The molecule has 1 aliphatic rings. The van der Waals surface area contributed by atoms with Gasteiger partial charge in [-0.1, -0.05) is 6.08 Å². The molecule has 2 aromatic heterocycles. The normalized spacial score (nSPS) is 16.0. The number of amides is 1. The molecule has 0 saturated heterocycles. The highest BCUT2D eigenvalue weighted by Gasteiger charge is 2.33. The number of carbonyl (C=O) groups is 1. The minimum absolute atomic E-state index is 0.378. The van der Waals surface area contributed by atoms with E-state index in [1.54, 1.807) is 6.08 Å². The highest BCUT2D eigenvalue weighted by atomic mass is 16.4. The molecule has 0 aliphatic heterocycles. The van der Waals surface area contributed by atoms with Crippen LogP contribution in [-0.4, -0.2) is 42.2 Å². The minimum atomic E-state index is -0.967. The van der Waals surface area contributed by atoms with Crippen LogP contribution in [0.2, 0.25) is 0 Å². The maximum Gasteiger partial charge on any atom is 0.408 e. The number of nitrogen functional groups attached to an aromatic ring is 1. The number of hydrogen-bond acceptors (Lipinski definition) is 4. The van der Waals surface area contributed by atoms with Crippen LogP contribution in [0.1, 0.15) is 45.1 Å². The molecule has 2 aromatic rings. The zero-order valence-electron chi connectivity index (χ0n) is 14.9. The van der Waals surface area contributed by atoms with Crippen molar-refractivity contribution in [2.75, 3.05) is 5.73 Å². The fourth-order valence-corrected chi connectivity index (χ4v) is 3.41. The van der Waals surface area contributed by atoms with E-state index in [9.17, 15) is 9.90 Å². The number of fused-ring (bicyclic) bond motifs is 1. The number of anilines is 1. The van der Waals surface area contributed by atoms with Crippen molar-refractivity contribution >= 4 is 22.9 Å². The van der Waals surface area contributed by atoms with E-state index < -0.39 is 11.6 Å². The van der Waals surface area contributed by atoms with E-state index >= 15 is 0 Å². The first kappa shape index (κ1) is 17.3. The average Bonchev–Trinajstić information content (AvgIpc) is 3.28. The van der Waals surface area contributed by atoms with E-state index in [4.69, 9.17) is 5.73 Å². The molecule has 0 aromatic carbocycles. The van der Waals surface area contributed by atoms with Gasteiger partial charge >= 0.3 is 6.09 Å². The summed E-state index contributed by atoms with van der Waals surface area (Å²) in [6, 6.07) is -0.378. The largest absolute Gasteiger partial charge is 0.465 e. The number of rotatable bonds is 5. The Bertz CT molecular complexity index is 817. The smallest absolute Gasteiger partial charge is 0.408 e. The van der Waals surface area contributed by atoms with Crippen LogP contribution in [0, 0.1) is 0 Å². The van der Waals surface area contributed by atoms with Crippen LogP contribution in [-0.2, 0) is 6.54 Å². The summed E-state index contributed by atoms with van der Waals surface area (Å²) in [4.78, 5) is 21.7. The van der Waals surface area contributed by atoms with Gasteiger partial charge in [-0.25, -0.2) is 14.8 Å². The zero-order valence-corrected chi connectivity index (χ0v) is 14.9. The van der Waals surface area contributed by atoms with Gasteiger partial charge in [0.2, 0.25) is 0 Å². The number of aromatic nitrogens is 3. The van der Waals surface area contributed by atoms with Gasteiger partial charge in [-0.3, -0.25) is 4.90 Å². The first-order chi connectivity index (χ1) is 11.7. The van der Waals surface area contributed by atoms with E-state index in [2.05, 4.69) is 16.5 Å². The Labute approximate surface area is 147 Å². The number of carboxylic acid groups (broad SMARTS) is 1. The van der Waals surface area contributed by atoms with Crippen LogP contribution in [0.25, 0.3) is 11.0 Å². The molecule has 7 heteroatoms. The lowest BCUT2D eigenvalue weighted by molar-refractivity contribution is 0.0788. The Morgan fingerprint density at radius 3 is 2.72 bits per heavy atom. The van der Waals surface area contributed by atoms with Crippen molar-refractivity contribution in [2.45, 2.75) is 57.7 Å². The summed E-state index contributed by atoms with van der Waals surface area (Å²) in [6.07, 6.45) is 6.49. The van der Waals surface area contributed by atoms with E-state index in [0.29, 0.717) is 18.3 Å². The second-order valence-corrected chi connectivity index (χ2v) is 7.60. The Kier molecular flexibility index (Phi) is 4.18. The summed E-state index contributed by atoms with van der Waals surface area (Å²) < 4.78 is 1.98. The molecule has 3 rings (SSSR count). The second-order valence-electron chi connectivity index (χ2n) is 7.60. The van der Waals surface area contributed by atoms with Crippen molar-refractivity contribution in [3.8, 4) is 0 Å². The molecule has 1 saturated carbocycles. The van der Waals surface area contributed by atoms with Crippen molar-refractivity contribution in [2.24, 2.45) is 0 Å². The van der Waals surface area contributed by atoms with Gasteiger partial charge in [-0.2, -0.15) is 0 Å². The molecular formula is C18H25N5O2. The monoisotopic (exact) mass is 343 g/mol. The molecule has 2 heterocycles. The highest BCUT2D eigenvalue weighted by Crippen LogP contribution is 2.44. The minimum Gasteiger partial charge on any atom is -0.465 e. The van der Waals surface area contributed by atoms with Crippen LogP contribution in [0.3, 0.4) is 0 Å². The van der Waals surface area contributed by atoms with Crippen LogP contribution >= 0.6 is 0 Å². The number of nitrogens with two attached hydrogens (primary N) is 1. The molecule has 1 fully saturated rings. The summed E-state index contributed by atoms with van der Waals surface area (Å²) in [5.41, 5.74) is 7.46. The Morgan fingerprint density at radius 1 is 1.52 bits per heavy atom. The Hall–Kier alpha value is -2.57.